The molecule has 6 nitrogen and oxygen atoms in total. The van der Waals surface area contributed by atoms with Crippen molar-refractivity contribution in [2.75, 3.05) is 0 Å². The van der Waals surface area contributed by atoms with Gasteiger partial charge >= 0.3 is 0 Å². The van der Waals surface area contributed by atoms with Crippen LogP contribution >= 0.6 is 0 Å². The van der Waals surface area contributed by atoms with Crippen LogP contribution in [0.5, 0.6) is 0 Å². The van der Waals surface area contributed by atoms with Crippen LogP contribution < -0.4 is 0 Å². The van der Waals surface area contributed by atoms with Gasteiger partial charge in [0.1, 0.15) is 0 Å². The van der Waals surface area contributed by atoms with E-state index in [1.54, 1.807) is 0 Å². The molecule has 0 spiro atoms. The van der Waals surface area contributed by atoms with Gasteiger partial charge in [0.15, 0.2) is 11.6 Å². The summed E-state index contributed by atoms with van der Waals surface area (Å²) in [5.41, 5.74) is 13.2. The fourth-order valence-electron chi connectivity index (χ4n) is 10.3. The minimum atomic E-state index is -0.646. The maximum Gasteiger partial charge on any atom is 0.238 e. The molecule has 1 aliphatic heterocycles. The monoisotopic (exact) mass is 830 g/mol. The number of benzene rings is 9. The molecule has 0 saturated heterocycles. The van der Waals surface area contributed by atoms with E-state index in [1.165, 1.54) is 16.7 Å². The number of hydrogen-bond donors (Lipinski definition) is 0. The van der Waals surface area contributed by atoms with E-state index in [0.29, 0.717) is 17.6 Å². The molecule has 12 aromatic rings. The molecule has 304 valence electrons. The fourth-order valence-corrected chi connectivity index (χ4v) is 10.3. The lowest BCUT2D eigenvalue weighted by Crippen LogP contribution is -2.36. The highest BCUT2D eigenvalue weighted by atomic mass is 15.2. The van der Waals surface area contributed by atoms with E-state index in [2.05, 4.69) is 179 Å². The van der Waals surface area contributed by atoms with Gasteiger partial charge in [-0.1, -0.05) is 194 Å². The van der Waals surface area contributed by atoms with Gasteiger partial charge in [0.05, 0.1) is 38.9 Å². The van der Waals surface area contributed by atoms with E-state index in [4.69, 9.17) is 19.9 Å². The van der Waals surface area contributed by atoms with Gasteiger partial charge in [0.2, 0.25) is 5.95 Å². The van der Waals surface area contributed by atoms with Gasteiger partial charge < -0.3 is 4.57 Å². The zero-order valence-electron chi connectivity index (χ0n) is 35.1. The van der Waals surface area contributed by atoms with Crippen molar-refractivity contribution in [2.24, 2.45) is 4.99 Å². The van der Waals surface area contributed by atoms with Crippen molar-refractivity contribution >= 4 is 55.0 Å². The molecule has 9 aromatic carbocycles. The first kappa shape index (κ1) is 36.9. The standard InChI is InChI=1S/C59H38N6/c1-6-20-39(21-7-1)55-59(42-26-12-4-13-27-42,43-28-14-5-15-29-43)48-35-37-52-53(54(48)60-55)46-31-17-19-33-50(46)64(52)44-34-36-51-47(38-44)45-30-16-18-32-49(45)65(51)58-62-56(40-22-8-2-9-23-40)61-57(63-58)41-24-10-3-11-25-41/h1-38H. The average Bonchev–Trinajstić information content (AvgIpc) is 4.04. The van der Waals surface area contributed by atoms with E-state index in [1.807, 2.05) is 60.7 Å². The number of para-hydroxylation sites is 2. The molecule has 4 heterocycles. The second kappa shape index (κ2) is 14.7. The molecule has 0 N–H and O–H groups in total. The highest BCUT2D eigenvalue weighted by Crippen LogP contribution is 2.54. The minimum Gasteiger partial charge on any atom is -0.309 e. The minimum absolute atomic E-state index is 0.566. The predicted octanol–water partition coefficient (Wildman–Crippen LogP) is 13.9. The number of hydrogen-bond acceptors (Lipinski definition) is 4. The first-order valence-corrected chi connectivity index (χ1v) is 22.0. The van der Waals surface area contributed by atoms with Crippen LogP contribution in [-0.4, -0.2) is 29.8 Å². The summed E-state index contributed by atoms with van der Waals surface area (Å²) in [6.45, 7) is 0. The third kappa shape index (κ3) is 5.60. The van der Waals surface area contributed by atoms with Gasteiger partial charge in [0, 0.05) is 38.4 Å². The van der Waals surface area contributed by atoms with Crippen molar-refractivity contribution in [2.45, 2.75) is 5.41 Å². The SMILES string of the molecule is c1ccc(C2=Nc3c(ccc4c3c3ccccc3n4-c3ccc4c(c3)c3ccccc3n4-c3nc(-c4ccccc4)nc(-c4ccccc4)n3)C2(c2ccccc2)c2ccccc2)cc1. The normalized spacial score (nSPS) is 13.1. The summed E-state index contributed by atoms with van der Waals surface area (Å²) in [5.74, 6) is 1.81. The Morgan fingerprint density at radius 2 is 0.831 bits per heavy atom. The predicted molar refractivity (Wildman–Crippen MR) is 265 cm³/mol. The van der Waals surface area contributed by atoms with Gasteiger partial charge in [-0.2, -0.15) is 9.97 Å². The van der Waals surface area contributed by atoms with E-state index >= 15 is 0 Å². The first-order valence-electron chi connectivity index (χ1n) is 22.0. The van der Waals surface area contributed by atoms with E-state index < -0.39 is 5.41 Å². The first-order chi connectivity index (χ1) is 32.3. The third-order valence-electron chi connectivity index (χ3n) is 13.1. The van der Waals surface area contributed by atoms with Crippen molar-refractivity contribution in [1.29, 1.82) is 0 Å². The molecule has 0 saturated carbocycles. The zero-order chi connectivity index (χ0) is 42.9. The Hall–Kier alpha value is -8.74. The van der Waals surface area contributed by atoms with Crippen LogP contribution in [0, 0.1) is 0 Å². The molecule has 65 heavy (non-hydrogen) atoms. The van der Waals surface area contributed by atoms with E-state index in [0.717, 1.165) is 77.4 Å². The second-order valence-electron chi connectivity index (χ2n) is 16.6. The van der Waals surface area contributed by atoms with Crippen molar-refractivity contribution in [3.05, 3.63) is 253 Å². The number of aromatic nitrogens is 5. The summed E-state index contributed by atoms with van der Waals surface area (Å²) < 4.78 is 4.59. The summed E-state index contributed by atoms with van der Waals surface area (Å²) in [7, 11) is 0. The Morgan fingerprint density at radius 3 is 1.43 bits per heavy atom. The zero-order valence-corrected chi connectivity index (χ0v) is 35.1. The van der Waals surface area contributed by atoms with Crippen LogP contribution in [0.3, 0.4) is 0 Å². The molecule has 13 rings (SSSR count). The van der Waals surface area contributed by atoms with Gasteiger partial charge in [-0.3, -0.25) is 9.56 Å². The van der Waals surface area contributed by atoms with Crippen LogP contribution in [-0.2, 0) is 5.41 Å². The fraction of sp³-hybridized carbons (Fsp3) is 0.0169. The largest absolute Gasteiger partial charge is 0.309 e. The summed E-state index contributed by atoms with van der Waals surface area (Å²) in [4.78, 5) is 21.1. The van der Waals surface area contributed by atoms with Crippen LogP contribution in [0.15, 0.2) is 236 Å². The Morgan fingerprint density at radius 1 is 0.354 bits per heavy atom. The maximum atomic E-state index is 5.78. The molecule has 0 radical (unpaired) electrons. The smallest absolute Gasteiger partial charge is 0.238 e. The van der Waals surface area contributed by atoms with Crippen LogP contribution in [0.1, 0.15) is 22.3 Å². The lowest BCUT2D eigenvalue weighted by molar-refractivity contribution is 0.852. The Bertz CT molecular complexity index is 3700. The summed E-state index contributed by atoms with van der Waals surface area (Å²) >= 11 is 0. The molecule has 6 heteroatoms. The topological polar surface area (TPSA) is 60.9 Å². The van der Waals surface area contributed by atoms with Gasteiger partial charge in [0.25, 0.3) is 0 Å². The summed E-state index contributed by atoms with van der Waals surface area (Å²) in [6.07, 6.45) is 0. The van der Waals surface area contributed by atoms with Crippen molar-refractivity contribution < 1.29 is 0 Å². The molecule has 0 aliphatic carbocycles. The lowest BCUT2D eigenvalue weighted by Gasteiger charge is -2.34. The highest BCUT2D eigenvalue weighted by Gasteiger charge is 2.48. The number of aliphatic imine (C=N–C) groups is 1. The highest BCUT2D eigenvalue weighted by molar-refractivity contribution is 6.24. The average molecular weight is 831 g/mol. The molecule has 0 unspecified atom stereocenters. The van der Waals surface area contributed by atoms with Gasteiger partial charge in [-0.25, -0.2) is 4.98 Å². The lowest BCUT2D eigenvalue weighted by atomic mass is 9.65. The Labute approximate surface area is 375 Å². The third-order valence-corrected chi connectivity index (χ3v) is 13.1. The van der Waals surface area contributed by atoms with Gasteiger partial charge in [-0.15, -0.1) is 0 Å². The summed E-state index contributed by atoms with van der Waals surface area (Å²) in [6, 6.07) is 81.4. The molecule has 1 aliphatic rings. The number of nitrogens with zero attached hydrogens (tertiary/aromatic N) is 6. The molecule has 0 amide bonds. The number of fused-ring (bicyclic) bond motifs is 8. The summed E-state index contributed by atoms with van der Waals surface area (Å²) in [5, 5.41) is 4.50. The molecular weight excluding hydrogens is 793 g/mol. The van der Waals surface area contributed by atoms with Gasteiger partial charge in [-0.05, 0) is 58.7 Å². The van der Waals surface area contributed by atoms with E-state index in [9.17, 15) is 0 Å². The van der Waals surface area contributed by atoms with Crippen molar-refractivity contribution in [3.63, 3.8) is 0 Å². The molecule has 0 fully saturated rings. The van der Waals surface area contributed by atoms with Crippen molar-refractivity contribution in [3.8, 4) is 34.4 Å². The van der Waals surface area contributed by atoms with Crippen molar-refractivity contribution in [1.82, 2.24) is 24.1 Å². The molecule has 0 bridgehead atoms. The van der Waals surface area contributed by atoms with Crippen LogP contribution in [0.2, 0.25) is 0 Å². The van der Waals surface area contributed by atoms with E-state index in [-0.39, 0.29) is 0 Å². The number of rotatable bonds is 7. The van der Waals surface area contributed by atoms with Crippen LogP contribution in [0.25, 0.3) is 78.0 Å². The molecular formula is C59H38N6. The quantitative estimate of drug-likeness (QED) is 0.161. The second-order valence-corrected chi connectivity index (χ2v) is 16.6. The molecule has 3 aromatic heterocycles. The van der Waals surface area contributed by atoms with Crippen LogP contribution in [0.4, 0.5) is 5.69 Å². The maximum absolute atomic E-state index is 5.78. The Kier molecular flexibility index (Phi) is 8.33. The Balaban J connectivity index is 1.06. The molecule has 0 atom stereocenters.